The van der Waals surface area contributed by atoms with Crippen molar-refractivity contribution >= 4 is 5.69 Å². The minimum Gasteiger partial charge on any atom is -0.385 e. The van der Waals surface area contributed by atoms with Gasteiger partial charge in [-0.1, -0.05) is 26.0 Å². The standard InChI is InChI=1S/C9H14N2.C2H6/c1-2-11-9-5-3-8(7-10)4-6-9;1-2/h3-6,11H,2,7,10H2,1H3;1-2H3. The molecule has 0 amide bonds. The third kappa shape index (κ3) is 4.53. The van der Waals surface area contributed by atoms with Crippen molar-refractivity contribution in [3.63, 3.8) is 0 Å². The van der Waals surface area contributed by atoms with Gasteiger partial charge in [0.1, 0.15) is 0 Å². The summed E-state index contributed by atoms with van der Waals surface area (Å²) in [6.07, 6.45) is 0. The molecule has 1 aromatic rings. The smallest absolute Gasteiger partial charge is 0.0340 e. The summed E-state index contributed by atoms with van der Waals surface area (Å²) in [5.41, 5.74) is 7.78. The lowest BCUT2D eigenvalue weighted by Crippen LogP contribution is -1.98. The predicted molar refractivity (Wildman–Crippen MR) is 59.8 cm³/mol. The number of anilines is 1. The first-order valence-corrected chi connectivity index (χ1v) is 4.89. The van der Waals surface area contributed by atoms with Gasteiger partial charge >= 0.3 is 0 Å². The van der Waals surface area contributed by atoms with Crippen LogP contribution in [0.15, 0.2) is 24.3 Å². The summed E-state index contributed by atoms with van der Waals surface area (Å²) < 4.78 is 0. The Morgan fingerprint density at radius 1 is 1.15 bits per heavy atom. The van der Waals surface area contributed by atoms with Crippen molar-refractivity contribution in [2.45, 2.75) is 27.3 Å². The van der Waals surface area contributed by atoms with E-state index >= 15 is 0 Å². The Balaban J connectivity index is 0.000000671. The predicted octanol–water partition coefficient (Wildman–Crippen LogP) is 2.60. The summed E-state index contributed by atoms with van der Waals surface area (Å²) >= 11 is 0. The quantitative estimate of drug-likeness (QED) is 0.750. The van der Waals surface area contributed by atoms with Crippen molar-refractivity contribution in [2.24, 2.45) is 5.73 Å². The third-order valence-electron chi connectivity index (χ3n) is 1.57. The molecule has 0 radical (unpaired) electrons. The van der Waals surface area contributed by atoms with Crippen LogP contribution in [0.1, 0.15) is 26.3 Å². The average molecular weight is 180 g/mol. The highest BCUT2D eigenvalue weighted by atomic mass is 14.8. The van der Waals surface area contributed by atoms with Crippen molar-refractivity contribution in [3.8, 4) is 0 Å². The van der Waals surface area contributed by atoms with Gasteiger partial charge in [0.2, 0.25) is 0 Å². The molecular weight excluding hydrogens is 160 g/mol. The summed E-state index contributed by atoms with van der Waals surface area (Å²) in [6, 6.07) is 8.17. The summed E-state index contributed by atoms with van der Waals surface area (Å²) in [6.45, 7) is 7.66. The fourth-order valence-corrected chi connectivity index (χ4v) is 0.963. The molecule has 0 atom stereocenters. The molecule has 3 N–H and O–H groups in total. The molecule has 0 spiro atoms. The number of hydrogen-bond acceptors (Lipinski definition) is 2. The van der Waals surface area contributed by atoms with Crippen LogP contribution in [-0.2, 0) is 6.54 Å². The molecule has 0 unspecified atom stereocenters. The van der Waals surface area contributed by atoms with E-state index in [-0.39, 0.29) is 0 Å². The van der Waals surface area contributed by atoms with Crippen molar-refractivity contribution < 1.29 is 0 Å². The second-order valence-corrected chi connectivity index (χ2v) is 2.43. The molecule has 0 aliphatic carbocycles. The first kappa shape index (κ1) is 12.0. The first-order chi connectivity index (χ1) is 6.36. The molecule has 0 saturated carbocycles. The van der Waals surface area contributed by atoms with Gasteiger partial charge in [-0.05, 0) is 24.6 Å². The second-order valence-electron chi connectivity index (χ2n) is 2.43. The van der Waals surface area contributed by atoms with Gasteiger partial charge in [-0.2, -0.15) is 0 Å². The molecule has 13 heavy (non-hydrogen) atoms. The average Bonchev–Trinajstić information content (AvgIpc) is 2.23. The molecular formula is C11H20N2. The number of benzene rings is 1. The largest absolute Gasteiger partial charge is 0.385 e. The maximum atomic E-state index is 5.45. The molecule has 74 valence electrons. The molecule has 0 fully saturated rings. The van der Waals surface area contributed by atoms with Crippen LogP contribution < -0.4 is 11.1 Å². The molecule has 0 aliphatic heterocycles. The minimum absolute atomic E-state index is 0.617. The molecule has 0 heterocycles. The zero-order valence-electron chi connectivity index (χ0n) is 8.80. The molecule has 1 rings (SSSR count). The van der Waals surface area contributed by atoms with E-state index in [1.54, 1.807) is 0 Å². The SMILES string of the molecule is CC.CCNc1ccc(CN)cc1. The lowest BCUT2D eigenvalue weighted by molar-refractivity contribution is 1.07. The fraction of sp³-hybridized carbons (Fsp3) is 0.455. The molecule has 1 aromatic carbocycles. The van der Waals surface area contributed by atoms with E-state index in [4.69, 9.17) is 5.73 Å². The highest BCUT2D eigenvalue weighted by Gasteiger charge is 1.89. The van der Waals surface area contributed by atoms with Crippen LogP contribution in [0.4, 0.5) is 5.69 Å². The highest BCUT2D eigenvalue weighted by molar-refractivity contribution is 5.44. The Morgan fingerprint density at radius 2 is 1.69 bits per heavy atom. The monoisotopic (exact) mass is 180 g/mol. The van der Waals surface area contributed by atoms with E-state index in [2.05, 4.69) is 12.2 Å². The van der Waals surface area contributed by atoms with Gasteiger partial charge in [0, 0.05) is 18.8 Å². The van der Waals surface area contributed by atoms with Crippen molar-refractivity contribution in [1.29, 1.82) is 0 Å². The van der Waals surface area contributed by atoms with Crippen LogP contribution in [-0.4, -0.2) is 6.54 Å². The lowest BCUT2D eigenvalue weighted by Gasteiger charge is -2.02. The number of nitrogens with two attached hydrogens (primary N) is 1. The molecule has 0 saturated heterocycles. The van der Waals surface area contributed by atoms with Crippen molar-refractivity contribution in [3.05, 3.63) is 29.8 Å². The van der Waals surface area contributed by atoms with E-state index < -0.39 is 0 Å². The normalized spacial score (nSPS) is 8.62. The Morgan fingerprint density at radius 3 is 2.08 bits per heavy atom. The Labute approximate surface area is 81.2 Å². The van der Waals surface area contributed by atoms with Crippen LogP contribution in [0.3, 0.4) is 0 Å². The zero-order valence-corrected chi connectivity index (χ0v) is 8.80. The lowest BCUT2D eigenvalue weighted by atomic mass is 10.2. The maximum Gasteiger partial charge on any atom is 0.0340 e. The molecule has 0 aromatic heterocycles. The van der Waals surface area contributed by atoms with Crippen LogP contribution in [0, 0.1) is 0 Å². The van der Waals surface area contributed by atoms with Gasteiger partial charge in [-0.25, -0.2) is 0 Å². The number of nitrogens with one attached hydrogen (secondary N) is 1. The van der Waals surface area contributed by atoms with Gasteiger partial charge < -0.3 is 11.1 Å². The first-order valence-electron chi connectivity index (χ1n) is 4.89. The zero-order chi connectivity index (χ0) is 10.1. The van der Waals surface area contributed by atoms with Crippen LogP contribution >= 0.6 is 0 Å². The van der Waals surface area contributed by atoms with Crippen LogP contribution in [0.2, 0.25) is 0 Å². The summed E-state index contributed by atoms with van der Waals surface area (Å²) in [7, 11) is 0. The Hall–Kier alpha value is -1.02. The van der Waals surface area contributed by atoms with E-state index in [1.807, 2.05) is 38.1 Å². The summed E-state index contributed by atoms with van der Waals surface area (Å²) in [5, 5.41) is 3.22. The van der Waals surface area contributed by atoms with Crippen LogP contribution in [0.5, 0.6) is 0 Å². The third-order valence-corrected chi connectivity index (χ3v) is 1.57. The van der Waals surface area contributed by atoms with Crippen LogP contribution in [0.25, 0.3) is 0 Å². The minimum atomic E-state index is 0.617. The van der Waals surface area contributed by atoms with Gasteiger partial charge in [-0.3, -0.25) is 0 Å². The number of hydrogen-bond donors (Lipinski definition) is 2. The van der Waals surface area contributed by atoms with Gasteiger partial charge in [0.05, 0.1) is 0 Å². The van der Waals surface area contributed by atoms with Crippen molar-refractivity contribution in [2.75, 3.05) is 11.9 Å². The summed E-state index contributed by atoms with van der Waals surface area (Å²) in [5.74, 6) is 0. The fourth-order valence-electron chi connectivity index (χ4n) is 0.963. The molecule has 0 aliphatic rings. The van der Waals surface area contributed by atoms with E-state index in [9.17, 15) is 0 Å². The summed E-state index contributed by atoms with van der Waals surface area (Å²) in [4.78, 5) is 0. The van der Waals surface area contributed by atoms with Gasteiger partial charge in [0.25, 0.3) is 0 Å². The van der Waals surface area contributed by atoms with E-state index in [0.717, 1.165) is 12.2 Å². The van der Waals surface area contributed by atoms with Gasteiger partial charge in [-0.15, -0.1) is 0 Å². The van der Waals surface area contributed by atoms with E-state index in [1.165, 1.54) is 5.56 Å². The highest BCUT2D eigenvalue weighted by Crippen LogP contribution is 2.07. The Kier molecular flexibility index (Phi) is 7.02. The molecule has 2 heteroatoms. The van der Waals surface area contributed by atoms with Gasteiger partial charge in [0.15, 0.2) is 0 Å². The molecule has 0 bridgehead atoms. The maximum absolute atomic E-state index is 5.45. The Bertz CT molecular complexity index is 204. The van der Waals surface area contributed by atoms with Crippen molar-refractivity contribution in [1.82, 2.24) is 0 Å². The number of rotatable bonds is 3. The topological polar surface area (TPSA) is 38.0 Å². The second kappa shape index (κ2) is 7.62. The van der Waals surface area contributed by atoms with E-state index in [0.29, 0.717) is 6.54 Å². The molecule has 2 nitrogen and oxygen atoms in total.